The molecule has 0 N–H and O–H groups in total. The Balaban J connectivity index is 1.20. The van der Waals surface area contributed by atoms with Crippen LogP contribution < -0.4 is 4.90 Å². The number of esters is 3. The normalized spacial score (nSPS) is 17.3. The van der Waals surface area contributed by atoms with Gasteiger partial charge in [-0.25, -0.2) is 0 Å². The van der Waals surface area contributed by atoms with Crippen LogP contribution in [-0.2, 0) is 68.7 Å². The monoisotopic (exact) mass is 1040 g/mol. The lowest BCUT2D eigenvalue weighted by Crippen LogP contribution is -2.43. The summed E-state index contributed by atoms with van der Waals surface area (Å²) in [6, 6.07) is 12.8. The van der Waals surface area contributed by atoms with Crippen LogP contribution in [0.3, 0.4) is 0 Å². The number of carbonyl (C=O) groups excluding carboxylic acids is 9. The van der Waals surface area contributed by atoms with Crippen LogP contribution in [0.5, 0.6) is 0 Å². The zero-order valence-corrected chi connectivity index (χ0v) is 39.7. The van der Waals surface area contributed by atoms with E-state index in [1.165, 1.54) is 24.3 Å². The van der Waals surface area contributed by atoms with Gasteiger partial charge < -0.3 is 23.8 Å². The number of hydrogen-bond acceptors (Lipinski definition) is 18. The molecule has 0 spiro atoms. The molecule has 1 aromatic carbocycles. The molecule has 1 atom stereocenters. The zero-order valence-electron chi connectivity index (χ0n) is 38.9. The number of thiophene rings is 1. The van der Waals surface area contributed by atoms with Gasteiger partial charge in [-0.3, -0.25) is 57.9 Å². The molecule has 1 aromatic heterocycles. The number of ether oxygens (including phenoxy) is 4. The number of halogens is 3. The predicted molar refractivity (Wildman–Crippen MR) is 251 cm³/mol. The average molecular weight is 1040 g/mol. The highest BCUT2D eigenvalue weighted by atomic mass is 32.1. The van der Waals surface area contributed by atoms with Gasteiger partial charge in [0, 0.05) is 82.7 Å². The first kappa shape index (κ1) is 54.1. The highest BCUT2D eigenvalue weighted by Gasteiger charge is 2.60. The third-order valence-corrected chi connectivity index (χ3v) is 12.4. The van der Waals surface area contributed by atoms with Gasteiger partial charge in [0.15, 0.2) is 11.3 Å². The van der Waals surface area contributed by atoms with Crippen molar-refractivity contribution in [2.75, 3.05) is 50.8 Å². The van der Waals surface area contributed by atoms with Crippen molar-refractivity contribution in [2.24, 2.45) is 0 Å². The van der Waals surface area contributed by atoms with Crippen LogP contribution in [0, 0.1) is 34.0 Å². The van der Waals surface area contributed by atoms with Gasteiger partial charge in [0.25, 0.3) is 35.4 Å². The van der Waals surface area contributed by atoms with Crippen molar-refractivity contribution in [3.8, 4) is 18.2 Å². The number of alkyl halides is 3. The first-order valence-corrected chi connectivity index (χ1v) is 22.9. The molecule has 2 aromatic rings. The summed E-state index contributed by atoms with van der Waals surface area (Å²) in [5, 5.41) is 28.7. The molecule has 6 amide bonds. The molecule has 0 saturated heterocycles. The van der Waals surface area contributed by atoms with Crippen LogP contribution in [0.25, 0.3) is 18.2 Å². The number of amides is 6. The molecule has 0 aliphatic carbocycles. The number of benzene rings is 1. The molecular formula is C50H40F3N7O13S. The topological polar surface area (TPSA) is 275 Å². The van der Waals surface area contributed by atoms with Gasteiger partial charge in [0.2, 0.25) is 5.60 Å². The highest BCUT2D eigenvalue weighted by Crippen LogP contribution is 2.49. The van der Waals surface area contributed by atoms with E-state index >= 15 is 0 Å². The average Bonchev–Trinajstić information content (AvgIpc) is 4.17. The molecule has 4 aliphatic heterocycles. The molecule has 1 unspecified atom stereocenters. The fourth-order valence-corrected chi connectivity index (χ4v) is 8.30. The first-order valence-electron chi connectivity index (χ1n) is 22.1. The summed E-state index contributed by atoms with van der Waals surface area (Å²) in [6.07, 6.45) is 6.04. The van der Waals surface area contributed by atoms with Crippen LogP contribution in [0.4, 0.5) is 18.9 Å². The van der Waals surface area contributed by atoms with E-state index in [2.05, 4.69) is 0 Å². The Morgan fingerprint density at radius 3 is 1.58 bits per heavy atom. The summed E-state index contributed by atoms with van der Waals surface area (Å²) in [4.78, 5) is 114. The molecule has 5 heterocycles. The lowest BCUT2D eigenvalue weighted by atomic mass is 9.92. The second-order valence-electron chi connectivity index (χ2n) is 16.1. The Hall–Kier alpha value is -9.21. The van der Waals surface area contributed by atoms with E-state index in [0.717, 1.165) is 68.6 Å². The minimum absolute atomic E-state index is 0.0790. The van der Waals surface area contributed by atoms with Gasteiger partial charge in [-0.1, -0.05) is 24.3 Å². The van der Waals surface area contributed by atoms with E-state index in [0.29, 0.717) is 33.5 Å². The molecule has 6 rings (SSSR count). The van der Waals surface area contributed by atoms with Crippen LogP contribution in [-0.4, -0.2) is 126 Å². The largest absolute Gasteiger partial charge is 0.470 e. The van der Waals surface area contributed by atoms with Gasteiger partial charge in [-0.2, -0.15) is 29.0 Å². The van der Waals surface area contributed by atoms with Crippen molar-refractivity contribution in [1.82, 2.24) is 14.7 Å². The first-order chi connectivity index (χ1) is 35.3. The molecular weight excluding hydrogens is 996 g/mol. The number of anilines is 1. The van der Waals surface area contributed by atoms with Crippen molar-refractivity contribution in [3.05, 3.63) is 116 Å². The summed E-state index contributed by atoms with van der Waals surface area (Å²) in [5.41, 5.74) is -3.77. The molecule has 0 saturated carbocycles. The summed E-state index contributed by atoms with van der Waals surface area (Å²) >= 11 is 1.05. The molecule has 380 valence electrons. The number of nitrogens with zero attached hydrogens (tertiary/aromatic N) is 7. The van der Waals surface area contributed by atoms with Gasteiger partial charge in [0.05, 0.1) is 32.4 Å². The van der Waals surface area contributed by atoms with Gasteiger partial charge in [0.1, 0.15) is 43.6 Å². The van der Waals surface area contributed by atoms with Crippen LogP contribution >= 0.6 is 11.3 Å². The van der Waals surface area contributed by atoms with E-state index in [9.17, 15) is 72.1 Å². The maximum absolute atomic E-state index is 14.5. The summed E-state index contributed by atoms with van der Waals surface area (Å²) in [7, 11) is 0. The third-order valence-electron chi connectivity index (χ3n) is 11.3. The quantitative estimate of drug-likeness (QED) is 0.0688. The van der Waals surface area contributed by atoms with Crippen LogP contribution in [0.1, 0.15) is 47.1 Å². The smallest absolute Gasteiger partial charge is 0.432 e. The molecule has 4 aliphatic rings. The molecule has 24 heteroatoms. The van der Waals surface area contributed by atoms with Crippen molar-refractivity contribution in [3.63, 3.8) is 0 Å². The second-order valence-corrected chi connectivity index (χ2v) is 17.2. The summed E-state index contributed by atoms with van der Waals surface area (Å²) in [5.74, 6) is -6.39. The number of imide groups is 3. The Kier molecular flexibility index (Phi) is 17.4. The van der Waals surface area contributed by atoms with E-state index in [1.807, 2.05) is 0 Å². The Morgan fingerprint density at radius 2 is 1.15 bits per heavy atom. The highest BCUT2D eigenvalue weighted by molar-refractivity contribution is 7.14. The van der Waals surface area contributed by atoms with Crippen LogP contribution in [0.15, 0.2) is 95.3 Å². The molecule has 0 bridgehead atoms. The minimum atomic E-state index is -5.11. The molecule has 20 nitrogen and oxygen atoms in total. The van der Waals surface area contributed by atoms with Crippen molar-refractivity contribution >= 4 is 88.6 Å². The van der Waals surface area contributed by atoms with Crippen molar-refractivity contribution in [2.45, 2.75) is 44.6 Å². The van der Waals surface area contributed by atoms with Crippen molar-refractivity contribution < 1.29 is 75.3 Å². The van der Waals surface area contributed by atoms with Gasteiger partial charge in [-0.05, 0) is 42.8 Å². The van der Waals surface area contributed by atoms with E-state index < -0.39 is 87.6 Å². The van der Waals surface area contributed by atoms with E-state index in [1.54, 1.807) is 47.4 Å². The molecule has 0 fully saturated rings. The standard InChI is InChI=1S/C50H40F3N7O13S/c1-49(50(51,52)53)37(36(29-56)48(73-49)33(27-54)28-55)8-7-35-26-32(30-72-47(69)18-21-60-43(65)14-15-44(60)66)38(74-35)9-4-31-2-5-34(6-3-31)57(22-24-70-45(67)16-19-58-39(61)10-11-40(58)62)23-25-71-46(68)17-20-59-41(63)12-13-42(59)64/h2-15,26H,16-25,30H2,1H3/b8-7+,9-4+. The maximum atomic E-state index is 14.5. The Morgan fingerprint density at radius 1 is 0.689 bits per heavy atom. The third kappa shape index (κ3) is 13.0. The fraction of sp³-hybridized carbons (Fsp3) is 0.280. The molecule has 74 heavy (non-hydrogen) atoms. The SMILES string of the molecule is CC1(C(F)(F)F)OC(=C(C#N)C#N)C(C#N)=C1/C=C/c1cc(COC(=O)CCN2C(=O)C=CC2=O)c(/C=C/c2ccc(N(CCOC(=O)CCN3C(=O)C=CC3=O)CCOC(=O)CCN3C(=O)C=CC3=O)cc2)s1. The fourth-order valence-electron chi connectivity index (χ4n) is 7.32. The van der Waals surface area contributed by atoms with E-state index in [4.69, 9.17) is 18.9 Å². The summed E-state index contributed by atoms with van der Waals surface area (Å²) < 4.78 is 64.9. The van der Waals surface area contributed by atoms with Gasteiger partial charge in [-0.15, -0.1) is 11.3 Å². The molecule has 0 radical (unpaired) electrons. The Labute approximate surface area is 422 Å². The summed E-state index contributed by atoms with van der Waals surface area (Å²) in [6.45, 7) is -0.499. The maximum Gasteiger partial charge on any atom is 0.432 e. The Bertz CT molecular complexity index is 2900. The van der Waals surface area contributed by atoms with Crippen molar-refractivity contribution in [1.29, 1.82) is 15.8 Å². The number of rotatable bonds is 22. The number of nitriles is 3. The predicted octanol–water partition coefficient (Wildman–Crippen LogP) is 4.29. The second kappa shape index (κ2) is 23.8. The van der Waals surface area contributed by atoms with Gasteiger partial charge >= 0.3 is 24.1 Å². The lowest BCUT2D eigenvalue weighted by Gasteiger charge is -2.28. The lowest BCUT2D eigenvalue weighted by molar-refractivity contribution is -0.236. The minimum Gasteiger partial charge on any atom is -0.470 e. The van der Waals surface area contributed by atoms with Crippen LogP contribution in [0.2, 0.25) is 0 Å². The number of hydrogen-bond donors (Lipinski definition) is 0. The zero-order chi connectivity index (χ0) is 53.7. The number of carbonyl (C=O) groups is 9. The number of allylic oxidation sites excluding steroid dienone is 2. The van der Waals surface area contributed by atoms with E-state index in [-0.39, 0.29) is 71.8 Å².